The summed E-state index contributed by atoms with van der Waals surface area (Å²) in [5.41, 5.74) is 1.14. The minimum absolute atomic E-state index is 0.0720. The Morgan fingerprint density at radius 2 is 1.82 bits per heavy atom. The van der Waals surface area contributed by atoms with E-state index in [1.807, 2.05) is 37.3 Å². The van der Waals surface area contributed by atoms with Gasteiger partial charge in [0, 0.05) is 19.0 Å². The zero-order valence-corrected chi connectivity index (χ0v) is 10.9. The maximum absolute atomic E-state index is 11.7. The molecule has 0 fully saturated rings. The molecule has 1 amide bonds. The van der Waals surface area contributed by atoms with Crippen LogP contribution in [0, 0.1) is 0 Å². The normalized spacial score (nSPS) is 12.5. The molecule has 0 bridgehead atoms. The Balaban J connectivity index is 2.31. The van der Waals surface area contributed by atoms with Crippen LogP contribution < -0.4 is 10.6 Å². The number of amides is 1. The summed E-state index contributed by atoms with van der Waals surface area (Å²) in [5.74, 6) is 0.0921. The zero-order chi connectivity index (χ0) is 12.7. The second-order valence-corrected chi connectivity index (χ2v) is 4.56. The fourth-order valence-electron chi connectivity index (χ4n) is 1.61. The lowest BCUT2D eigenvalue weighted by Gasteiger charge is -2.14. The van der Waals surface area contributed by atoms with Crippen molar-refractivity contribution in [2.24, 2.45) is 0 Å². The largest absolute Gasteiger partial charge is 0.350 e. The molecule has 17 heavy (non-hydrogen) atoms. The Morgan fingerprint density at radius 1 is 1.18 bits per heavy atom. The third kappa shape index (κ3) is 5.50. The third-order valence-corrected chi connectivity index (χ3v) is 2.58. The highest BCUT2D eigenvalue weighted by molar-refractivity contribution is 5.76. The van der Waals surface area contributed by atoms with Crippen LogP contribution in [0.4, 0.5) is 0 Å². The van der Waals surface area contributed by atoms with Crippen molar-refractivity contribution in [3.63, 3.8) is 0 Å². The Hall–Kier alpha value is -1.35. The molecule has 0 aliphatic rings. The summed E-state index contributed by atoms with van der Waals surface area (Å²) in [6.07, 6.45) is 0.523. The number of benzene rings is 1. The van der Waals surface area contributed by atoms with Crippen molar-refractivity contribution in [3.05, 3.63) is 35.9 Å². The highest BCUT2D eigenvalue weighted by atomic mass is 16.1. The molecule has 0 spiro atoms. The van der Waals surface area contributed by atoms with Crippen LogP contribution in [0.2, 0.25) is 0 Å². The van der Waals surface area contributed by atoms with E-state index in [1.54, 1.807) is 0 Å². The Morgan fingerprint density at radius 3 is 2.41 bits per heavy atom. The van der Waals surface area contributed by atoms with E-state index in [2.05, 4.69) is 24.5 Å². The Bertz CT molecular complexity index is 335. The van der Waals surface area contributed by atoms with Crippen LogP contribution in [-0.2, 0) is 4.79 Å². The summed E-state index contributed by atoms with van der Waals surface area (Å²) in [4.78, 5) is 11.7. The first-order chi connectivity index (χ1) is 8.09. The van der Waals surface area contributed by atoms with Crippen LogP contribution in [0.3, 0.4) is 0 Å². The second-order valence-electron chi connectivity index (χ2n) is 4.56. The molecule has 3 nitrogen and oxygen atoms in total. The van der Waals surface area contributed by atoms with E-state index < -0.39 is 0 Å². The summed E-state index contributed by atoms with van der Waals surface area (Å²) in [7, 11) is 0. The quantitative estimate of drug-likeness (QED) is 0.792. The summed E-state index contributed by atoms with van der Waals surface area (Å²) in [5, 5.41) is 6.22. The molecule has 3 heteroatoms. The molecule has 1 atom stereocenters. The van der Waals surface area contributed by atoms with Crippen LogP contribution in [0.1, 0.15) is 38.8 Å². The van der Waals surface area contributed by atoms with Gasteiger partial charge in [-0.2, -0.15) is 0 Å². The van der Waals surface area contributed by atoms with Gasteiger partial charge >= 0.3 is 0 Å². The van der Waals surface area contributed by atoms with Gasteiger partial charge in [0.05, 0.1) is 6.04 Å². The Labute approximate surface area is 104 Å². The standard InChI is InChI=1S/C14H22N2O/c1-11(2)15-10-9-14(17)16-12(3)13-7-5-4-6-8-13/h4-8,11-12,15H,9-10H2,1-3H3,(H,16,17)/t12-/m0/s1. The predicted octanol–water partition coefficient (Wildman–Crippen LogP) is 2.25. The number of hydrogen-bond acceptors (Lipinski definition) is 2. The van der Waals surface area contributed by atoms with Gasteiger partial charge in [-0.15, -0.1) is 0 Å². The molecule has 0 aliphatic heterocycles. The average molecular weight is 234 g/mol. The van der Waals surface area contributed by atoms with E-state index in [0.717, 1.165) is 12.1 Å². The van der Waals surface area contributed by atoms with Crippen molar-refractivity contribution < 1.29 is 4.79 Å². The highest BCUT2D eigenvalue weighted by Crippen LogP contribution is 2.10. The van der Waals surface area contributed by atoms with Crippen LogP contribution in [-0.4, -0.2) is 18.5 Å². The first-order valence-corrected chi connectivity index (χ1v) is 6.17. The fourth-order valence-corrected chi connectivity index (χ4v) is 1.61. The number of carbonyl (C=O) groups is 1. The predicted molar refractivity (Wildman–Crippen MR) is 70.8 cm³/mol. The first-order valence-electron chi connectivity index (χ1n) is 6.17. The monoisotopic (exact) mass is 234 g/mol. The highest BCUT2D eigenvalue weighted by Gasteiger charge is 2.08. The van der Waals surface area contributed by atoms with Crippen molar-refractivity contribution in [1.82, 2.24) is 10.6 Å². The van der Waals surface area contributed by atoms with Crippen molar-refractivity contribution >= 4 is 5.91 Å². The van der Waals surface area contributed by atoms with Crippen LogP contribution in [0.5, 0.6) is 0 Å². The summed E-state index contributed by atoms with van der Waals surface area (Å²) in [6.45, 7) is 6.88. The van der Waals surface area contributed by atoms with E-state index in [1.165, 1.54) is 0 Å². The fraction of sp³-hybridized carbons (Fsp3) is 0.500. The maximum atomic E-state index is 11.7. The lowest BCUT2D eigenvalue weighted by Crippen LogP contribution is -2.31. The van der Waals surface area contributed by atoms with Gasteiger partial charge in [-0.3, -0.25) is 4.79 Å². The van der Waals surface area contributed by atoms with Gasteiger partial charge in [0.15, 0.2) is 0 Å². The topological polar surface area (TPSA) is 41.1 Å². The first kappa shape index (κ1) is 13.7. The maximum Gasteiger partial charge on any atom is 0.221 e. The molecule has 0 saturated carbocycles. The van der Waals surface area contributed by atoms with Crippen LogP contribution >= 0.6 is 0 Å². The smallest absolute Gasteiger partial charge is 0.221 e. The molecule has 2 N–H and O–H groups in total. The van der Waals surface area contributed by atoms with Crippen LogP contribution in [0.15, 0.2) is 30.3 Å². The molecule has 1 rings (SSSR count). The van der Waals surface area contributed by atoms with Gasteiger partial charge in [-0.1, -0.05) is 44.2 Å². The van der Waals surface area contributed by atoms with Gasteiger partial charge in [0.2, 0.25) is 5.91 Å². The van der Waals surface area contributed by atoms with E-state index in [-0.39, 0.29) is 11.9 Å². The van der Waals surface area contributed by atoms with Gasteiger partial charge < -0.3 is 10.6 Å². The number of carbonyl (C=O) groups excluding carboxylic acids is 1. The third-order valence-electron chi connectivity index (χ3n) is 2.58. The molecular formula is C14H22N2O. The minimum Gasteiger partial charge on any atom is -0.350 e. The molecule has 0 aromatic heterocycles. The molecule has 0 saturated heterocycles. The van der Waals surface area contributed by atoms with Crippen molar-refractivity contribution in [3.8, 4) is 0 Å². The van der Waals surface area contributed by atoms with E-state index in [4.69, 9.17) is 0 Å². The van der Waals surface area contributed by atoms with Crippen molar-refractivity contribution in [2.45, 2.75) is 39.3 Å². The molecule has 0 aliphatic carbocycles. The molecule has 1 aromatic carbocycles. The lowest BCUT2D eigenvalue weighted by atomic mass is 10.1. The van der Waals surface area contributed by atoms with Gasteiger partial charge in [0.1, 0.15) is 0 Å². The van der Waals surface area contributed by atoms with Gasteiger partial charge in [-0.25, -0.2) is 0 Å². The molecule has 0 heterocycles. The van der Waals surface area contributed by atoms with E-state index in [0.29, 0.717) is 12.5 Å². The van der Waals surface area contributed by atoms with Crippen molar-refractivity contribution in [1.29, 1.82) is 0 Å². The summed E-state index contributed by atoms with van der Waals surface area (Å²) >= 11 is 0. The molecule has 94 valence electrons. The lowest BCUT2D eigenvalue weighted by molar-refractivity contribution is -0.121. The summed E-state index contributed by atoms with van der Waals surface area (Å²) in [6, 6.07) is 10.5. The average Bonchev–Trinajstić information content (AvgIpc) is 2.29. The molecule has 0 unspecified atom stereocenters. The molecule has 0 radical (unpaired) electrons. The minimum atomic E-state index is 0.0720. The number of rotatable bonds is 6. The zero-order valence-electron chi connectivity index (χ0n) is 10.9. The van der Waals surface area contributed by atoms with Gasteiger partial charge in [-0.05, 0) is 12.5 Å². The molecule has 1 aromatic rings. The van der Waals surface area contributed by atoms with E-state index >= 15 is 0 Å². The number of hydrogen-bond donors (Lipinski definition) is 2. The van der Waals surface area contributed by atoms with Crippen LogP contribution in [0.25, 0.3) is 0 Å². The van der Waals surface area contributed by atoms with Crippen molar-refractivity contribution in [2.75, 3.05) is 6.54 Å². The second kappa shape index (κ2) is 7.07. The SMILES string of the molecule is CC(C)NCCC(=O)N[C@@H](C)c1ccccc1. The number of nitrogens with one attached hydrogen (secondary N) is 2. The summed E-state index contributed by atoms with van der Waals surface area (Å²) < 4.78 is 0. The van der Waals surface area contributed by atoms with E-state index in [9.17, 15) is 4.79 Å². The Kier molecular flexibility index (Phi) is 5.70. The molecular weight excluding hydrogens is 212 g/mol. The van der Waals surface area contributed by atoms with Gasteiger partial charge in [0.25, 0.3) is 0 Å².